The minimum absolute atomic E-state index is 0.215. The van der Waals surface area contributed by atoms with Gasteiger partial charge in [-0.05, 0) is 68.6 Å². The summed E-state index contributed by atoms with van der Waals surface area (Å²) in [6, 6.07) is 4.54. The highest BCUT2D eigenvalue weighted by molar-refractivity contribution is 7.27. The van der Waals surface area contributed by atoms with Crippen LogP contribution in [0, 0.1) is 27.7 Å². The number of hydrogen-bond acceptors (Lipinski definition) is 6. The Morgan fingerprint density at radius 1 is 1.18 bits per heavy atom. The molecular weight excluding hydrogens is 433 g/mol. The van der Waals surface area contributed by atoms with E-state index in [1.54, 1.807) is 11.7 Å². The number of hydrazine groups is 1. The molecule has 0 bridgehead atoms. The molecule has 1 amide bonds. The van der Waals surface area contributed by atoms with Gasteiger partial charge in [-0.2, -0.15) is 5.10 Å². The van der Waals surface area contributed by atoms with Crippen LogP contribution in [-0.4, -0.2) is 69.7 Å². The van der Waals surface area contributed by atoms with Crippen LogP contribution in [0.5, 0.6) is 0 Å². The summed E-state index contributed by atoms with van der Waals surface area (Å²) in [6.45, 7) is 14.5. The predicted octanol–water partition coefficient (Wildman–Crippen LogP) is 1.88. The quantitative estimate of drug-likeness (QED) is 0.229. The molecular formula is C24H38N7OP. The number of benzene rings is 1. The van der Waals surface area contributed by atoms with Crippen LogP contribution in [0.3, 0.4) is 0 Å². The number of nitrogens with zero attached hydrogens (tertiary/aromatic N) is 6. The van der Waals surface area contributed by atoms with E-state index < -0.39 is 0 Å². The second-order valence-corrected chi connectivity index (χ2v) is 9.69. The molecule has 1 aliphatic heterocycles. The maximum absolute atomic E-state index is 12.9. The number of hydrazone groups is 1. The summed E-state index contributed by atoms with van der Waals surface area (Å²) >= 11 is 0. The molecule has 0 radical (unpaired) electrons. The number of aryl methyl sites for hydroxylation is 2. The number of nitrogens with two attached hydrogens (primary N) is 1. The lowest BCUT2D eigenvalue weighted by Crippen LogP contribution is -2.48. The fourth-order valence-corrected chi connectivity index (χ4v) is 4.92. The lowest BCUT2D eigenvalue weighted by atomic mass is 10.1. The maximum Gasteiger partial charge on any atom is 0.222 e. The van der Waals surface area contributed by atoms with Crippen molar-refractivity contribution in [2.45, 2.75) is 54.0 Å². The Balaban J connectivity index is 1.53. The van der Waals surface area contributed by atoms with Crippen LogP contribution in [0.4, 0.5) is 0 Å². The molecule has 1 atom stereocenters. The number of amides is 1. The summed E-state index contributed by atoms with van der Waals surface area (Å²) < 4.78 is 1.80. The summed E-state index contributed by atoms with van der Waals surface area (Å²) in [5.74, 6) is 6.54. The van der Waals surface area contributed by atoms with E-state index in [4.69, 9.17) is 5.84 Å². The number of hydrogen-bond donors (Lipinski definition) is 1. The van der Waals surface area contributed by atoms with Crippen molar-refractivity contribution in [1.29, 1.82) is 0 Å². The van der Waals surface area contributed by atoms with E-state index >= 15 is 0 Å². The van der Waals surface area contributed by atoms with Gasteiger partial charge in [0.05, 0.1) is 5.69 Å². The van der Waals surface area contributed by atoms with Crippen molar-refractivity contribution in [3.8, 4) is 0 Å². The molecule has 9 heteroatoms. The number of aromatic nitrogens is 2. The Bertz CT molecular complexity index is 1010. The largest absolute Gasteiger partial charge is 0.340 e. The van der Waals surface area contributed by atoms with Gasteiger partial charge in [-0.15, -0.1) is 14.3 Å². The zero-order valence-corrected chi connectivity index (χ0v) is 22.0. The zero-order valence-electron chi connectivity index (χ0n) is 20.9. The topological polar surface area (TPSA) is 83.0 Å². The van der Waals surface area contributed by atoms with Gasteiger partial charge >= 0.3 is 0 Å². The molecule has 2 aromatic rings. The first-order chi connectivity index (χ1) is 15.6. The van der Waals surface area contributed by atoms with Crippen molar-refractivity contribution < 1.29 is 4.79 Å². The minimum Gasteiger partial charge on any atom is -0.340 e. The lowest BCUT2D eigenvalue weighted by molar-refractivity contribution is -0.133. The van der Waals surface area contributed by atoms with Gasteiger partial charge in [0.15, 0.2) is 0 Å². The van der Waals surface area contributed by atoms with E-state index in [0.29, 0.717) is 18.7 Å². The molecule has 1 aromatic carbocycles. The van der Waals surface area contributed by atoms with Crippen molar-refractivity contribution >= 4 is 26.3 Å². The molecule has 1 fully saturated rings. The van der Waals surface area contributed by atoms with Gasteiger partial charge in [-0.25, -0.2) is 15.6 Å². The zero-order chi connectivity index (χ0) is 24.3. The maximum atomic E-state index is 12.9. The molecule has 180 valence electrons. The average molecular weight is 472 g/mol. The van der Waals surface area contributed by atoms with Gasteiger partial charge in [-0.3, -0.25) is 9.69 Å². The van der Waals surface area contributed by atoms with Crippen LogP contribution in [-0.2, 0) is 17.8 Å². The smallest absolute Gasteiger partial charge is 0.222 e. The van der Waals surface area contributed by atoms with Crippen molar-refractivity contribution in [2.75, 3.05) is 33.2 Å². The first-order valence-electron chi connectivity index (χ1n) is 11.5. The van der Waals surface area contributed by atoms with Gasteiger partial charge in [0.25, 0.3) is 0 Å². The van der Waals surface area contributed by atoms with Gasteiger partial charge in [-0.1, -0.05) is 12.1 Å². The Labute approximate surface area is 200 Å². The first kappa shape index (κ1) is 25.3. The van der Waals surface area contributed by atoms with Crippen LogP contribution in [0.25, 0.3) is 0 Å². The SMILES string of the molecule is C/C(=N\N(C)N)n1nc(C)c(CCC(=O)N2CCN(Cc3cc(C)c(C)c(P)c3)CC2)c1C. The molecule has 3 rings (SSSR count). The van der Waals surface area contributed by atoms with E-state index in [1.807, 2.05) is 25.7 Å². The molecule has 2 heterocycles. The molecule has 1 aromatic heterocycles. The second-order valence-electron chi connectivity index (χ2n) is 9.07. The molecule has 0 aliphatic carbocycles. The van der Waals surface area contributed by atoms with Crippen LogP contribution >= 0.6 is 9.24 Å². The molecule has 1 saturated heterocycles. The van der Waals surface area contributed by atoms with Crippen LogP contribution in [0.1, 0.15) is 47.0 Å². The average Bonchev–Trinajstić information content (AvgIpc) is 3.04. The fraction of sp³-hybridized carbons (Fsp3) is 0.542. The molecule has 1 aliphatic rings. The van der Waals surface area contributed by atoms with E-state index in [2.05, 4.69) is 50.3 Å². The van der Waals surface area contributed by atoms with Gasteiger partial charge < -0.3 is 4.90 Å². The predicted molar refractivity (Wildman–Crippen MR) is 138 cm³/mol. The van der Waals surface area contributed by atoms with Crippen molar-refractivity contribution in [3.05, 3.63) is 45.8 Å². The van der Waals surface area contributed by atoms with E-state index in [0.717, 1.165) is 49.7 Å². The van der Waals surface area contributed by atoms with Crippen molar-refractivity contribution in [2.24, 2.45) is 10.9 Å². The molecule has 8 nitrogen and oxygen atoms in total. The monoisotopic (exact) mass is 471 g/mol. The highest BCUT2D eigenvalue weighted by Gasteiger charge is 2.22. The Kier molecular flexibility index (Phi) is 8.27. The molecule has 33 heavy (non-hydrogen) atoms. The van der Waals surface area contributed by atoms with Crippen molar-refractivity contribution in [3.63, 3.8) is 0 Å². The third-order valence-corrected chi connectivity index (χ3v) is 7.14. The standard InChI is InChI=1S/C24H38N7OP/c1-16-13-21(14-23(33)17(16)2)15-29-9-11-30(12-10-29)24(32)8-7-22-18(3)26-31(19(22)4)20(5)27-28(6)25/h13-14H,7-12,15,25,33H2,1-6H3/b27-20+. The molecule has 1 unspecified atom stereocenters. The summed E-state index contributed by atoms with van der Waals surface area (Å²) in [5.41, 5.74) is 7.06. The van der Waals surface area contributed by atoms with E-state index in [-0.39, 0.29) is 5.91 Å². The highest BCUT2D eigenvalue weighted by Crippen LogP contribution is 2.18. The molecule has 0 saturated carbocycles. The van der Waals surface area contributed by atoms with Crippen LogP contribution in [0.15, 0.2) is 17.2 Å². The van der Waals surface area contributed by atoms with Crippen LogP contribution < -0.4 is 11.1 Å². The first-order valence-corrected chi connectivity index (χ1v) is 12.1. The number of carbonyl (C=O) groups excluding carboxylic acids is 1. The Morgan fingerprint density at radius 2 is 1.85 bits per heavy atom. The third kappa shape index (κ3) is 6.19. The van der Waals surface area contributed by atoms with Crippen LogP contribution in [0.2, 0.25) is 0 Å². The highest BCUT2D eigenvalue weighted by atomic mass is 31.0. The normalized spacial score (nSPS) is 15.3. The lowest BCUT2D eigenvalue weighted by Gasteiger charge is -2.35. The molecule has 2 N–H and O–H groups in total. The Morgan fingerprint density at radius 3 is 2.45 bits per heavy atom. The summed E-state index contributed by atoms with van der Waals surface area (Å²) in [7, 11) is 4.52. The fourth-order valence-electron chi connectivity index (χ4n) is 4.48. The van der Waals surface area contributed by atoms with Gasteiger partial charge in [0, 0.05) is 51.9 Å². The number of rotatable bonds is 6. The van der Waals surface area contributed by atoms with E-state index in [1.165, 1.54) is 27.1 Å². The van der Waals surface area contributed by atoms with Gasteiger partial charge in [0.2, 0.25) is 5.91 Å². The Hall–Kier alpha value is -2.28. The molecule has 0 spiro atoms. The van der Waals surface area contributed by atoms with E-state index in [9.17, 15) is 4.79 Å². The summed E-state index contributed by atoms with van der Waals surface area (Å²) in [4.78, 5) is 17.3. The summed E-state index contributed by atoms with van der Waals surface area (Å²) in [5, 5.41) is 11.4. The number of carbonyl (C=O) groups is 1. The summed E-state index contributed by atoms with van der Waals surface area (Å²) in [6.07, 6.45) is 1.18. The second kappa shape index (κ2) is 10.8. The minimum atomic E-state index is 0.215. The van der Waals surface area contributed by atoms with Gasteiger partial charge in [0.1, 0.15) is 5.84 Å². The number of piperazine rings is 1. The van der Waals surface area contributed by atoms with Crippen molar-refractivity contribution in [1.82, 2.24) is 24.7 Å². The third-order valence-electron chi connectivity index (χ3n) is 6.54.